The van der Waals surface area contributed by atoms with Crippen molar-refractivity contribution in [2.45, 2.75) is 34.1 Å². The maximum atomic E-state index is 6.31. The quantitative estimate of drug-likeness (QED) is 0.312. The lowest BCUT2D eigenvalue weighted by molar-refractivity contribution is 0.321. The molecule has 0 aliphatic carbocycles. The van der Waals surface area contributed by atoms with Crippen molar-refractivity contribution < 1.29 is 4.74 Å². The fraction of sp³-hybridized carbons (Fsp3) is 0.200. The maximum Gasteiger partial charge on any atom is 0.218 e. The lowest BCUT2D eigenvalue weighted by atomic mass is 10.0. The van der Waals surface area contributed by atoms with Gasteiger partial charge in [-0.25, -0.2) is 0 Å². The van der Waals surface area contributed by atoms with Gasteiger partial charge in [0.2, 0.25) is 6.67 Å². The molecule has 4 aromatic rings. The number of fused-ring (bicyclic) bond motifs is 1. The molecule has 1 aliphatic rings. The molecule has 1 aromatic heterocycles. The zero-order valence-electron chi connectivity index (χ0n) is 20.2. The van der Waals surface area contributed by atoms with Gasteiger partial charge in [-0.1, -0.05) is 48.0 Å². The van der Waals surface area contributed by atoms with Gasteiger partial charge in [-0.3, -0.25) is 4.98 Å². The average Bonchev–Trinajstić information content (AvgIpc) is 3.18. The zero-order chi connectivity index (χ0) is 23.7. The first-order valence-corrected chi connectivity index (χ1v) is 11.7. The van der Waals surface area contributed by atoms with E-state index in [1.165, 1.54) is 22.4 Å². The molecule has 3 aromatic carbocycles. The Labute approximate surface area is 202 Å². The zero-order valence-corrected chi connectivity index (χ0v) is 20.2. The number of nitrogens with zero attached hydrogens (tertiary/aromatic N) is 3. The fourth-order valence-electron chi connectivity index (χ4n) is 4.76. The topological polar surface area (TPSA) is 28.6 Å². The highest BCUT2D eigenvalue weighted by Crippen LogP contribution is 2.50. The summed E-state index contributed by atoms with van der Waals surface area (Å²) in [5, 5.41) is 0. The summed E-state index contributed by atoms with van der Waals surface area (Å²) in [6.45, 7) is 12.8. The Morgan fingerprint density at radius 3 is 2.09 bits per heavy atom. The third kappa shape index (κ3) is 4.12. The van der Waals surface area contributed by atoms with Crippen LogP contribution in [0.4, 0.5) is 22.7 Å². The van der Waals surface area contributed by atoms with Crippen LogP contribution in [0.3, 0.4) is 0 Å². The van der Waals surface area contributed by atoms with Crippen molar-refractivity contribution in [1.29, 1.82) is 0 Å². The summed E-state index contributed by atoms with van der Waals surface area (Å²) < 4.78 is 6.31. The van der Waals surface area contributed by atoms with Crippen LogP contribution < -0.4 is 14.5 Å². The molecule has 4 nitrogen and oxygen atoms in total. The van der Waals surface area contributed by atoms with Crippen molar-refractivity contribution in [3.8, 4) is 5.75 Å². The second-order valence-corrected chi connectivity index (χ2v) is 8.85. The van der Waals surface area contributed by atoms with Crippen LogP contribution in [-0.4, -0.2) is 11.6 Å². The van der Waals surface area contributed by atoms with Crippen molar-refractivity contribution >= 4 is 22.7 Å². The Kier molecular flexibility index (Phi) is 5.97. The van der Waals surface area contributed by atoms with Crippen LogP contribution in [0.1, 0.15) is 27.9 Å². The molecule has 1 aliphatic heterocycles. The summed E-state index contributed by atoms with van der Waals surface area (Å²) in [4.78, 5) is 8.74. The van der Waals surface area contributed by atoms with E-state index in [0.29, 0.717) is 6.61 Å². The van der Waals surface area contributed by atoms with Gasteiger partial charge in [0.1, 0.15) is 5.75 Å². The third-order valence-corrected chi connectivity index (χ3v) is 6.19. The highest BCUT2D eigenvalue weighted by Gasteiger charge is 2.33. The Morgan fingerprint density at radius 2 is 1.41 bits per heavy atom. The van der Waals surface area contributed by atoms with Crippen LogP contribution in [0.25, 0.3) is 0 Å². The highest BCUT2D eigenvalue weighted by molar-refractivity contribution is 5.92. The number of aromatic nitrogens is 1. The molecule has 0 saturated carbocycles. The van der Waals surface area contributed by atoms with Crippen LogP contribution in [0.15, 0.2) is 79.0 Å². The molecule has 2 radical (unpaired) electrons. The summed E-state index contributed by atoms with van der Waals surface area (Å²) in [6, 6.07) is 25.1. The van der Waals surface area contributed by atoms with Crippen molar-refractivity contribution in [3.63, 3.8) is 0 Å². The van der Waals surface area contributed by atoms with Gasteiger partial charge in [-0.15, -0.1) is 0 Å². The molecular formula is C30H29N3O. The molecular weight excluding hydrogens is 418 g/mol. The molecule has 0 bridgehead atoms. The minimum Gasteiger partial charge on any atom is -0.491 e. The van der Waals surface area contributed by atoms with E-state index in [9.17, 15) is 0 Å². The fourth-order valence-corrected chi connectivity index (χ4v) is 4.76. The van der Waals surface area contributed by atoms with Gasteiger partial charge < -0.3 is 14.5 Å². The number of benzene rings is 3. The van der Waals surface area contributed by atoms with Crippen LogP contribution >= 0.6 is 0 Å². The Bertz CT molecular complexity index is 1290. The lowest BCUT2D eigenvalue weighted by Crippen LogP contribution is -2.20. The first-order chi connectivity index (χ1) is 16.5. The van der Waals surface area contributed by atoms with E-state index in [0.717, 1.165) is 40.5 Å². The molecule has 2 heterocycles. The summed E-state index contributed by atoms with van der Waals surface area (Å²) in [5.41, 5.74) is 10.3. The summed E-state index contributed by atoms with van der Waals surface area (Å²) >= 11 is 0. The molecule has 5 rings (SSSR count). The summed E-state index contributed by atoms with van der Waals surface area (Å²) in [7, 11) is 0. The predicted molar refractivity (Wildman–Crippen MR) is 139 cm³/mol. The number of ether oxygens (including phenoxy) is 1. The van der Waals surface area contributed by atoms with Crippen LogP contribution in [0, 0.1) is 34.4 Å². The molecule has 0 fully saturated rings. The van der Waals surface area contributed by atoms with Gasteiger partial charge in [-0.05, 0) is 74.7 Å². The highest BCUT2D eigenvalue weighted by atomic mass is 16.5. The third-order valence-electron chi connectivity index (χ3n) is 6.19. The average molecular weight is 448 g/mol. The van der Waals surface area contributed by atoms with Crippen LogP contribution in [0.5, 0.6) is 5.75 Å². The van der Waals surface area contributed by atoms with Gasteiger partial charge in [0.05, 0.1) is 23.7 Å². The molecule has 0 saturated heterocycles. The van der Waals surface area contributed by atoms with E-state index in [2.05, 4.69) is 91.6 Å². The number of rotatable bonds is 6. The molecule has 4 heteroatoms. The molecule has 0 amide bonds. The molecule has 0 spiro atoms. The van der Waals surface area contributed by atoms with Crippen molar-refractivity contribution in [2.24, 2.45) is 0 Å². The second-order valence-electron chi connectivity index (χ2n) is 8.85. The molecule has 0 N–H and O–H groups in total. The van der Waals surface area contributed by atoms with Gasteiger partial charge in [0.15, 0.2) is 0 Å². The van der Waals surface area contributed by atoms with Crippen LogP contribution in [0.2, 0.25) is 0 Å². The van der Waals surface area contributed by atoms with E-state index in [4.69, 9.17) is 4.74 Å². The van der Waals surface area contributed by atoms with Crippen molar-refractivity contribution in [2.75, 3.05) is 16.4 Å². The molecule has 34 heavy (non-hydrogen) atoms. The van der Waals surface area contributed by atoms with Crippen LogP contribution in [-0.2, 0) is 6.42 Å². The number of aryl methyl sites for hydroxylation is 4. The number of para-hydroxylation sites is 3. The Hall–Kier alpha value is -3.79. The van der Waals surface area contributed by atoms with E-state index >= 15 is 0 Å². The van der Waals surface area contributed by atoms with E-state index < -0.39 is 0 Å². The number of hydrogen-bond acceptors (Lipinski definition) is 4. The summed E-state index contributed by atoms with van der Waals surface area (Å²) in [5.74, 6) is 0.845. The van der Waals surface area contributed by atoms with Gasteiger partial charge in [0, 0.05) is 24.0 Å². The largest absolute Gasteiger partial charge is 0.491 e. The normalized spacial score (nSPS) is 12.7. The van der Waals surface area contributed by atoms with Gasteiger partial charge >= 0.3 is 0 Å². The van der Waals surface area contributed by atoms with Crippen molar-refractivity contribution in [3.05, 3.63) is 114 Å². The minimum absolute atomic E-state index is 0.558. The first-order valence-electron chi connectivity index (χ1n) is 11.7. The Balaban J connectivity index is 1.50. The van der Waals surface area contributed by atoms with E-state index in [1.807, 2.05) is 36.5 Å². The number of anilines is 4. The monoisotopic (exact) mass is 447 g/mol. The maximum absolute atomic E-state index is 6.31. The molecule has 170 valence electrons. The second kappa shape index (κ2) is 9.22. The van der Waals surface area contributed by atoms with E-state index in [1.54, 1.807) is 0 Å². The number of hydrogen-bond donors (Lipinski definition) is 0. The minimum atomic E-state index is 0.558. The predicted octanol–water partition coefficient (Wildman–Crippen LogP) is 7.22. The van der Waals surface area contributed by atoms with E-state index in [-0.39, 0.29) is 0 Å². The van der Waals surface area contributed by atoms with Crippen molar-refractivity contribution in [1.82, 2.24) is 4.98 Å². The van der Waals surface area contributed by atoms with Gasteiger partial charge in [-0.2, -0.15) is 0 Å². The SMILES string of the molecule is Cc1cc(C)c(N2[C]N(c3c(C)cccc3OCCc3ccccn3)c3ccccc32)c(C)c1. The van der Waals surface area contributed by atoms with Gasteiger partial charge in [0.25, 0.3) is 0 Å². The first kappa shape index (κ1) is 22.0. The lowest BCUT2D eigenvalue weighted by Gasteiger charge is -2.25. The standard InChI is InChI=1S/C30H29N3O/c1-21-18-23(3)29(24(4)19-21)32-20-33(27-13-6-5-12-26(27)32)30-22(2)10-9-14-28(30)34-17-15-25-11-7-8-16-31-25/h5-14,16,18-19H,15,17H2,1-4H3. The Morgan fingerprint density at radius 1 is 0.735 bits per heavy atom. The number of pyridine rings is 1. The molecule has 0 atom stereocenters. The molecule has 0 unspecified atom stereocenters. The summed E-state index contributed by atoms with van der Waals surface area (Å²) in [6.07, 6.45) is 2.58. The smallest absolute Gasteiger partial charge is 0.218 e.